The summed E-state index contributed by atoms with van der Waals surface area (Å²) >= 11 is 0. The Kier molecular flexibility index (Phi) is 6.70. The van der Waals surface area contributed by atoms with Crippen LogP contribution < -0.4 is 14.8 Å². The molecule has 0 bridgehead atoms. The van der Waals surface area contributed by atoms with E-state index in [1.807, 2.05) is 0 Å². The molecule has 0 spiro atoms. The van der Waals surface area contributed by atoms with E-state index in [1.54, 1.807) is 24.3 Å². The minimum atomic E-state index is -3.72. The monoisotopic (exact) mass is 430 g/mol. The van der Waals surface area contributed by atoms with Crippen LogP contribution >= 0.6 is 0 Å². The number of carbonyl (C=O) groups excluding carboxylic acids is 1. The molecule has 0 radical (unpaired) electrons. The normalized spacial score (nSPS) is 11.1. The molecule has 3 aromatic rings. The van der Waals surface area contributed by atoms with Crippen molar-refractivity contribution in [3.63, 3.8) is 0 Å². The maximum absolute atomic E-state index is 13.0. The van der Waals surface area contributed by atoms with E-state index in [-0.39, 0.29) is 35.7 Å². The first-order valence-electron chi connectivity index (χ1n) is 8.93. The Morgan fingerprint density at radius 2 is 1.70 bits per heavy atom. The molecule has 0 aliphatic rings. The number of amides is 1. The van der Waals surface area contributed by atoms with Gasteiger partial charge < -0.3 is 10.1 Å². The third-order valence-corrected chi connectivity index (χ3v) is 5.39. The van der Waals surface area contributed by atoms with Crippen molar-refractivity contribution < 1.29 is 22.3 Å². The fraction of sp³-hybridized carbons (Fsp3) is 0.150. The zero-order valence-corrected chi connectivity index (χ0v) is 16.8. The first kappa shape index (κ1) is 21.3. The van der Waals surface area contributed by atoms with Crippen molar-refractivity contribution in [3.05, 3.63) is 66.5 Å². The smallest absolute Gasteiger partial charge is 0.240 e. The third kappa shape index (κ3) is 5.82. The van der Waals surface area contributed by atoms with Gasteiger partial charge in [0.1, 0.15) is 12.4 Å². The van der Waals surface area contributed by atoms with Gasteiger partial charge in [-0.05, 0) is 54.6 Å². The molecule has 0 saturated heterocycles. The quantitative estimate of drug-likeness (QED) is 0.532. The molecule has 8 nitrogen and oxygen atoms in total. The molecule has 1 amide bonds. The zero-order chi connectivity index (χ0) is 21.6. The molecule has 2 aromatic carbocycles. The highest BCUT2D eigenvalue weighted by atomic mass is 32.2. The maximum Gasteiger partial charge on any atom is 0.240 e. The first-order chi connectivity index (χ1) is 14.3. The lowest BCUT2D eigenvalue weighted by Gasteiger charge is -2.09. The largest absolute Gasteiger partial charge is 0.475 e. The standard InChI is InChI=1S/C20H19FN4O4S/c1-14(26)23-17-6-8-18(9-7-17)30(27,28)22-12-13-29-20-11-10-19(24-25-20)15-2-4-16(21)5-3-15/h2-11,22H,12-13H2,1H3,(H,23,26). The Morgan fingerprint density at radius 1 is 1.00 bits per heavy atom. The van der Waals surface area contributed by atoms with E-state index >= 15 is 0 Å². The number of rotatable bonds is 8. The number of anilines is 1. The highest BCUT2D eigenvalue weighted by molar-refractivity contribution is 7.89. The molecule has 1 aromatic heterocycles. The highest BCUT2D eigenvalue weighted by Gasteiger charge is 2.13. The van der Waals surface area contributed by atoms with E-state index in [0.29, 0.717) is 16.9 Å². The van der Waals surface area contributed by atoms with Crippen LogP contribution in [0, 0.1) is 5.82 Å². The van der Waals surface area contributed by atoms with Gasteiger partial charge in [-0.15, -0.1) is 10.2 Å². The van der Waals surface area contributed by atoms with Crippen LogP contribution in [0.15, 0.2) is 65.6 Å². The van der Waals surface area contributed by atoms with E-state index in [2.05, 4.69) is 20.2 Å². The number of hydrogen-bond donors (Lipinski definition) is 2. The van der Waals surface area contributed by atoms with Gasteiger partial charge in [-0.3, -0.25) is 4.79 Å². The summed E-state index contributed by atoms with van der Waals surface area (Å²) in [5.41, 5.74) is 1.78. The van der Waals surface area contributed by atoms with Crippen LogP contribution in [0.25, 0.3) is 11.3 Å². The van der Waals surface area contributed by atoms with Gasteiger partial charge in [-0.1, -0.05) is 0 Å². The molecule has 0 aliphatic heterocycles. The number of carbonyl (C=O) groups is 1. The number of aromatic nitrogens is 2. The topological polar surface area (TPSA) is 110 Å². The zero-order valence-electron chi connectivity index (χ0n) is 16.0. The maximum atomic E-state index is 13.0. The summed E-state index contributed by atoms with van der Waals surface area (Å²) in [7, 11) is -3.72. The summed E-state index contributed by atoms with van der Waals surface area (Å²) in [6, 6.07) is 14.9. The lowest BCUT2D eigenvalue weighted by Crippen LogP contribution is -2.28. The van der Waals surface area contributed by atoms with E-state index in [0.717, 1.165) is 0 Å². The molecule has 0 fully saturated rings. The molecule has 1 heterocycles. The molecule has 2 N–H and O–H groups in total. The van der Waals surface area contributed by atoms with Crippen LogP contribution in [0.2, 0.25) is 0 Å². The van der Waals surface area contributed by atoms with Crippen LogP contribution in [0.1, 0.15) is 6.92 Å². The minimum Gasteiger partial charge on any atom is -0.475 e. The average molecular weight is 430 g/mol. The van der Waals surface area contributed by atoms with Gasteiger partial charge >= 0.3 is 0 Å². The van der Waals surface area contributed by atoms with Crippen LogP contribution in [0.3, 0.4) is 0 Å². The van der Waals surface area contributed by atoms with Gasteiger partial charge in [0.05, 0.1) is 10.6 Å². The summed E-state index contributed by atoms with van der Waals surface area (Å²) in [5, 5.41) is 10.5. The number of hydrogen-bond acceptors (Lipinski definition) is 6. The second kappa shape index (κ2) is 9.42. The summed E-state index contributed by atoms with van der Waals surface area (Å²) in [5.74, 6) is -0.341. The van der Waals surface area contributed by atoms with Crippen LogP contribution in [0.4, 0.5) is 10.1 Å². The van der Waals surface area contributed by atoms with Gasteiger partial charge in [0, 0.05) is 30.8 Å². The summed E-state index contributed by atoms with van der Waals surface area (Å²) < 4.78 is 45.4. The fourth-order valence-corrected chi connectivity index (χ4v) is 3.52. The highest BCUT2D eigenvalue weighted by Crippen LogP contribution is 2.18. The lowest BCUT2D eigenvalue weighted by molar-refractivity contribution is -0.114. The van der Waals surface area contributed by atoms with Crippen molar-refractivity contribution in [3.8, 4) is 17.1 Å². The number of ether oxygens (including phenoxy) is 1. The molecule has 156 valence electrons. The number of nitrogens with zero attached hydrogens (tertiary/aromatic N) is 2. The third-order valence-electron chi connectivity index (χ3n) is 3.91. The second-order valence-corrected chi connectivity index (χ2v) is 7.98. The summed E-state index contributed by atoms with van der Waals surface area (Å²) in [6.07, 6.45) is 0. The molecule has 0 atom stereocenters. The molecule has 0 aliphatic carbocycles. The molecule has 30 heavy (non-hydrogen) atoms. The van der Waals surface area contributed by atoms with Gasteiger partial charge in [-0.25, -0.2) is 17.5 Å². The number of halogens is 1. The van der Waals surface area contributed by atoms with Crippen molar-refractivity contribution in [2.45, 2.75) is 11.8 Å². The van der Waals surface area contributed by atoms with Gasteiger partial charge in [-0.2, -0.15) is 0 Å². The van der Waals surface area contributed by atoms with E-state index in [1.165, 1.54) is 43.3 Å². The van der Waals surface area contributed by atoms with Crippen molar-refractivity contribution in [1.29, 1.82) is 0 Å². The van der Waals surface area contributed by atoms with Crippen molar-refractivity contribution in [2.75, 3.05) is 18.5 Å². The van der Waals surface area contributed by atoms with Crippen LogP contribution in [0.5, 0.6) is 5.88 Å². The Hall–Kier alpha value is -3.37. The van der Waals surface area contributed by atoms with Crippen LogP contribution in [-0.2, 0) is 14.8 Å². The fourth-order valence-electron chi connectivity index (χ4n) is 2.51. The predicted octanol–water partition coefficient (Wildman–Crippen LogP) is 2.60. The Morgan fingerprint density at radius 3 is 2.30 bits per heavy atom. The Bertz CT molecular complexity index is 1100. The predicted molar refractivity (Wildman–Crippen MR) is 109 cm³/mol. The van der Waals surface area contributed by atoms with Crippen molar-refractivity contribution >= 4 is 21.6 Å². The number of nitrogens with one attached hydrogen (secondary N) is 2. The van der Waals surface area contributed by atoms with E-state index in [9.17, 15) is 17.6 Å². The second-order valence-electron chi connectivity index (χ2n) is 6.22. The molecule has 10 heteroatoms. The molecule has 0 unspecified atom stereocenters. The molecular formula is C20H19FN4O4S. The SMILES string of the molecule is CC(=O)Nc1ccc(S(=O)(=O)NCCOc2ccc(-c3ccc(F)cc3)nn2)cc1. The first-order valence-corrected chi connectivity index (χ1v) is 10.4. The van der Waals surface area contributed by atoms with Gasteiger partial charge in [0.25, 0.3) is 0 Å². The molecular weight excluding hydrogens is 411 g/mol. The van der Waals surface area contributed by atoms with E-state index < -0.39 is 10.0 Å². The summed E-state index contributed by atoms with van der Waals surface area (Å²) in [4.78, 5) is 11.1. The summed E-state index contributed by atoms with van der Waals surface area (Å²) in [6.45, 7) is 1.44. The van der Waals surface area contributed by atoms with Gasteiger partial charge in [0.2, 0.25) is 21.8 Å². The lowest BCUT2D eigenvalue weighted by atomic mass is 10.1. The van der Waals surface area contributed by atoms with Crippen molar-refractivity contribution in [2.24, 2.45) is 0 Å². The van der Waals surface area contributed by atoms with Gasteiger partial charge in [0.15, 0.2) is 0 Å². The number of benzene rings is 2. The van der Waals surface area contributed by atoms with Crippen LogP contribution in [-0.4, -0.2) is 37.7 Å². The minimum absolute atomic E-state index is 0.0250. The Balaban J connectivity index is 1.50. The van der Waals surface area contributed by atoms with Crippen molar-refractivity contribution in [1.82, 2.24) is 14.9 Å². The molecule has 0 saturated carbocycles. The number of sulfonamides is 1. The average Bonchev–Trinajstić information content (AvgIpc) is 2.72. The molecule has 3 rings (SSSR count). The Labute approximate surface area is 173 Å². The van der Waals surface area contributed by atoms with E-state index in [4.69, 9.17) is 4.74 Å².